The van der Waals surface area contributed by atoms with Crippen LogP contribution in [0.3, 0.4) is 0 Å². The van der Waals surface area contributed by atoms with Gasteiger partial charge in [0.15, 0.2) is 0 Å². The van der Waals surface area contributed by atoms with Crippen LogP contribution in [-0.4, -0.2) is 31.7 Å². The summed E-state index contributed by atoms with van der Waals surface area (Å²) in [4.78, 5) is 6.56. The summed E-state index contributed by atoms with van der Waals surface area (Å²) >= 11 is 0. The molecule has 2 heterocycles. The fourth-order valence-corrected chi connectivity index (χ4v) is 1.93. The number of anilines is 1. The maximum Gasteiger partial charge on any atom is 0.128 e. The lowest BCUT2D eigenvalue weighted by atomic mass is 10.1. The van der Waals surface area contributed by atoms with E-state index >= 15 is 0 Å². The van der Waals surface area contributed by atoms with E-state index in [1.165, 1.54) is 13.0 Å². The molecule has 76 valence electrons. The smallest absolute Gasteiger partial charge is 0.128 e. The van der Waals surface area contributed by atoms with E-state index in [0.29, 0.717) is 0 Å². The fourth-order valence-electron chi connectivity index (χ4n) is 1.93. The van der Waals surface area contributed by atoms with Crippen LogP contribution in [0.5, 0.6) is 0 Å². The predicted molar refractivity (Wildman–Crippen MR) is 58.5 cm³/mol. The largest absolute Gasteiger partial charge is 0.359 e. The number of hydrogen-bond acceptors (Lipinski definition) is 3. The molecule has 1 aromatic heterocycles. The maximum absolute atomic E-state index is 4.33. The Morgan fingerprint density at radius 2 is 2.50 bits per heavy atom. The van der Waals surface area contributed by atoms with Crippen LogP contribution < -0.4 is 10.2 Å². The molecular weight excluding hydrogens is 174 g/mol. The van der Waals surface area contributed by atoms with E-state index in [1.54, 1.807) is 0 Å². The van der Waals surface area contributed by atoms with Gasteiger partial charge < -0.3 is 10.2 Å². The summed E-state index contributed by atoms with van der Waals surface area (Å²) in [5, 5.41) is 3.38. The van der Waals surface area contributed by atoms with Crippen LogP contribution in [0.4, 0.5) is 5.82 Å². The molecule has 0 amide bonds. The molecule has 0 saturated carbocycles. The zero-order chi connectivity index (χ0) is 9.80. The summed E-state index contributed by atoms with van der Waals surface area (Å²) in [6.45, 7) is 3.42. The highest BCUT2D eigenvalue weighted by Gasteiger charge is 2.16. The van der Waals surface area contributed by atoms with Gasteiger partial charge in [0.25, 0.3) is 0 Å². The van der Waals surface area contributed by atoms with Gasteiger partial charge in [-0.15, -0.1) is 0 Å². The Balaban J connectivity index is 1.92. The lowest BCUT2D eigenvalue weighted by molar-refractivity contribution is 0.576. The Kier molecular flexibility index (Phi) is 2.99. The zero-order valence-electron chi connectivity index (χ0n) is 8.61. The van der Waals surface area contributed by atoms with Gasteiger partial charge in [-0.05, 0) is 37.6 Å². The van der Waals surface area contributed by atoms with Crippen LogP contribution in [0.1, 0.15) is 6.42 Å². The van der Waals surface area contributed by atoms with Crippen LogP contribution in [-0.2, 0) is 0 Å². The molecule has 0 spiro atoms. The second-order valence-electron chi connectivity index (χ2n) is 3.93. The first-order valence-corrected chi connectivity index (χ1v) is 5.19. The highest BCUT2D eigenvalue weighted by atomic mass is 15.2. The minimum absolute atomic E-state index is 0.780. The molecule has 3 nitrogen and oxygen atoms in total. The van der Waals surface area contributed by atoms with Crippen LogP contribution >= 0.6 is 0 Å². The molecule has 1 fully saturated rings. The summed E-state index contributed by atoms with van der Waals surface area (Å²) in [5.41, 5.74) is 0. The molecule has 3 heteroatoms. The van der Waals surface area contributed by atoms with Crippen molar-refractivity contribution < 1.29 is 0 Å². The van der Waals surface area contributed by atoms with E-state index in [0.717, 1.165) is 24.8 Å². The average Bonchev–Trinajstić information content (AvgIpc) is 2.72. The van der Waals surface area contributed by atoms with Crippen molar-refractivity contribution in [3.05, 3.63) is 24.4 Å². The van der Waals surface area contributed by atoms with Gasteiger partial charge in [-0.25, -0.2) is 4.98 Å². The summed E-state index contributed by atoms with van der Waals surface area (Å²) in [5.74, 6) is 1.85. The number of pyridine rings is 1. The van der Waals surface area contributed by atoms with Crippen LogP contribution in [0.25, 0.3) is 0 Å². The van der Waals surface area contributed by atoms with Crippen molar-refractivity contribution in [3.63, 3.8) is 0 Å². The quantitative estimate of drug-likeness (QED) is 0.776. The molecule has 0 aliphatic carbocycles. The molecule has 0 radical (unpaired) electrons. The maximum atomic E-state index is 4.33. The first-order chi connectivity index (χ1) is 6.86. The van der Waals surface area contributed by atoms with E-state index in [4.69, 9.17) is 0 Å². The Morgan fingerprint density at radius 3 is 3.14 bits per heavy atom. The van der Waals surface area contributed by atoms with E-state index in [2.05, 4.69) is 28.3 Å². The van der Waals surface area contributed by atoms with Gasteiger partial charge in [0.2, 0.25) is 0 Å². The average molecular weight is 191 g/mol. The van der Waals surface area contributed by atoms with E-state index in [-0.39, 0.29) is 0 Å². The summed E-state index contributed by atoms with van der Waals surface area (Å²) in [7, 11) is 2.11. The van der Waals surface area contributed by atoms with Gasteiger partial charge in [-0.2, -0.15) is 0 Å². The van der Waals surface area contributed by atoms with Gasteiger partial charge in [0.05, 0.1) is 0 Å². The predicted octanol–water partition coefficient (Wildman–Crippen LogP) is 1.13. The monoisotopic (exact) mass is 191 g/mol. The second kappa shape index (κ2) is 4.42. The van der Waals surface area contributed by atoms with Crippen LogP contribution in [0.2, 0.25) is 0 Å². The number of nitrogens with zero attached hydrogens (tertiary/aromatic N) is 2. The highest BCUT2D eigenvalue weighted by Crippen LogP contribution is 2.13. The molecule has 1 saturated heterocycles. The first-order valence-electron chi connectivity index (χ1n) is 5.19. The zero-order valence-corrected chi connectivity index (χ0v) is 8.61. The summed E-state index contributed by atoms with van der Waals surface area (Å²) in [6, 6.07) is 6.04. The summed E-state index contributed by atoms with van der Waals surface area (Å²) < 4.78 is 0. The molecule has 0 bridgehead atoms. The number of hydrogen-bond donors (Lipinski definition) is 1. The lowest BCUT2D eigenvalue weighted by Gasteiger charge is -2.21. The first kappa shape index (κ1) is 9.46. The van der Waals surface area contributed by atoms with E-state index in [9.17, 15) is 0 Å². The van der Waals surface area contributed by atoms with Gasteiger partial charge in [-0.1, -0.05) is 6.07 Å². The molecule has 0 aromatic carbocycles. The minimum atomic E-state index is 0.780. The van der Waals surface area contributed by atoms with Crippen molar-refractivity contribution >= 4 is 5.82 Å². The molecule has 1 aliphatic heterocycles. The van der Waals surface area contributed by atoms with Crippen molar-refractivity contribution in [3.8, 4) is 0 Å². The third-order valence-corrected chi connectivity index (χ3v) is 2.73. The lowest BCUT2D eigenvalue weighted by Crippen LogP contribution is -2.27. The Bertz CT molecular complexity index is 267. The number of aromatic nitrogens is 1. The van der Waals surface area contributed by atoms with Gasteiger partial charge in [-0.3, -0.25) is 0 Å². The third-order valence-electron chi connectivity index (χ3n) is 2.73. The molecule has 1 aromatic rings. The van der Waals surface area contributed by atoms with Crippen molar-refractivity contribution in [1.82, 2.24) is 10.3 Å². The normalized spacial score (nSPS) is 21.1. The Hall–Kier alpha value is -1.09. The molecule has 1 aliphatic rings. The standard InChI is InChI=1S/C11H17N3/c1-14(9-10-5-7-12-8-10)11-4-2-3-6-13-11/h2-4,6,10,12H,5,7-9H2,1H3/t10-/m1/s1. The van der Waals surface area contributed by atoms with Gasteiger partial charge in [0, 0.05) is 19.8 Å². The third kappa shape index (κ3) is 2.23. The number of nitrogens with one attached hydrogen (secondary N) is 1. The number of rotatable bonds is 3. The van der Waals surface area contributed by atoms with Crippen LogP contribution in [0, 0.1) is 5.92 Å². The summed E-state index contributed by atoms with van der Waals surface area (Å²) in [6.07, 6.45) is 3.13. The Morgan fingerprint density at radius 1 is 1.57 bits per heavy atom. The Labute approximate surface area is 85.1 Å². The van der Waals surface area contributed by atoms with Gasteiger partial charge in [0.1, 0.15) is 5.82 Å². The topological polar surface area (TPSA) is 28.2 Å². The van der Waals surface area contributed by atoms with E-state index < -0.39 is 0 Å². The highest BCUT2D eigenvalue weighted by molar-refractivity contribution is 5.36. The minimum Gasteiger partial charge on any atom is -0.359 e. The van der Waals surface area contributed by atoms with Crippen molar-refractivity contribution in [2.45, 2.75) is 6.42 Å². The molecule has 2 rings (SSSR count). The van der Waals surface area contributed by atoms with Crippen molar-refractivity contribution in [1.29, 1.82) is 0 Å². The van der Waals surface area contributed by atoms with Gasteiger partial charge >= 0.3 is 0 Å². The van der Waals surface area contributed by atoms with Crippen molar-refractivity contribution in [2.24, 2.45) is 5.92 Å². The molecule has 1 atom stereocenters. The van der Waals surface area contributed by atoms with Crippen molar-refractivity contribution in [2.75, 3.05) is 31.6 Å². The molecular formula is C11H17N3. The molecule has 1 N–H and O–H groups in total. The molecule has 0 unspecified atom stereocenters. The SMILES string of the molecule is CN(C[C@@H]1CCNC1)c1ccccn1. The second-order valence-corrected chi connectivity index (χ2v) is 3.93. The molecule has 14 heavy (non-hydrogen) atoms. The fraction of sp³-hybridized carbons (Fsp3) is 0.545. The van der Waals surface area contributed by atoms with Crippen LogP contribution in [0.15, 0.2) is 24.4 Å². The van der Waals surface area contributed by atoms with E-state index in [1.807, 2.05) is 18.3 Å².